The third-order valence-electron chi connectivity index (χ3n) is 3.67. The molecule has 2 rings (SSSR count). The molecule has 6 nitrogen and oxygen atoms in total. The van der Waals surface area contributed by atoms with Gasteiger partial charge in [-0.1, -0.05) is 12.1 Å². The minimum absolute atomic E-state index is 0.0796. The molecule has 1 aliphatic rings. The van der Waals surface area contributed by atoms with Gasteiger partial charge >= 0.3 is 5.97 Å². The van der Waals surface area contributed by atoms with Crippen molar-refractivity contribution in [1.82, 2.24) is 5.32 Å². The standard InChI is InChI=1S/C16H21NO5S/c1-11(13-7-8-13)17-15(18)9-22-16(19)14-5-3-12(4-6-14)10-23(2,20)21/h3-6,11,13H,7-10H2,1-2H3,(H,17,18)/t11-/m1/s1. The molecular weight excluding hydrogens is 318 g/mol. The zero-order valence-corrected chi connectivity index (χ0v) is 14.1. The van der Waals surface area contributed by atoms with Crippen LogP contribution in [-0.2, 0) is 25.1 Å². The van der Waals surface area contributed by atoms with Crippen molar-refractivity contribution in [2.75, 3.05) is 12.9 Å². The Bertz CT molecular complexity index is 677. The summed E-state index contributed by atoms with van der Waals surface area (Å²) in [6.07, 6.45) is 3.40. The smallest absolute Gasteiger partial charge is 0.338 e. The van der Waals surface area contributed by atoms with Crippen LogP contribution in [0.4, 0.5) is 0 Å². The summed E-state index contributed by atoms with van der Waals surface area (Å²) >= 11 is 0. The van der Waals surface area contributed by atoms with Crippen molar-refractivity contribution in [2.24, 2.45) is 5.92 Å². The van der Waals surface area contributed by atoms with Gasteiger partial charge in [-0.15, -0.1) is 0 Å². The van der Waals surface area contributed by atoms with E-state index in [1.165, 1.54) is 12.1 Å². The Balaban J connectivity index is 1.81. The van der Waals surface area contributed by atoms with Gasteiger partial charge < -0.3 is 10.1 Å². The largest absolute Gasteiger partial charge is 0.452 e. The lowest BCUT2D eigenvalue weighted by Gasteiger charge is -2.12. The lowest BCUT2D eigenvalue weighted by molar-refractivity contribution is -0.124. The Morgan fingerprint density at radius 1 is 1.26 bits per heavy atom. The summed E-state index contributed by atoms with van der Waals surface area (Å²) in [6, 6.07) is 6.22. The average Bonchev–Trinajstić information content (AvgIpc) is 3.28. The van der Waals surface area contributed by atoms with E-state index in [-0.39, 0.29) is 29.9 Å². The maximum absolute atomic E-state index is 11.9. The van der Waals surface area contributed by atoms with Crippen LogP contribution >= 0.6 is 0 Å². The Morgan fingerprint density at radius 2 is 1.87 bits per heavy atom. The maximum atomic E-state index is 11.9. The molecule has 1 saturated carbocycles. The molecule has 0 spiro atoms. The number of hydrogen-bond donors (Lipinski definition) is 1. The minimum atomic E-state index is -3.11. The molecule has 23 heavy (non-hydrogen) atoms. The first-order valence-corrected chi connectivity index (χ1v) is 9.54. The van der Waals surface area contributed by atoms with Crippen LogP contribution in [0.3, 0.4) is 0 Å². The van der Waals surface area contributed by atoms with Crippen LogP contribution < -0.4 is 5.32 Å². The first-order valence-electron chi connectivity index (χ1n) is 7.48. The van der Waals surface area contributed by atoms with Gasteiger partial charge in [0.1, 0.15) is 0 Å². The molecule has 1 aromatic rings. The molecule has 0 bridgehead atoms. The molecule has 1 N–H and O–H groups in total. The van der Waals surface area contributed by atoms with E-state index < -0.39 is 15.8 Å². The lowest BCUT2D eigenvalue weighted by Crippen LogP contribution is -2.37. The normalized spacial score (nSPS) is 15.7. The van der Waals surface area contributed by atoms with Crippen LogP contribution in [0.25, 0.3) is 0 Å². The Labute approximate surface area is 136 Å². The van der Waals surface area contributed by atoms with Gasteiger partial charge in [-0.25, -0.2) is 13.2 Å². The summed E-state index contributed by atoms with van der Waals surface area (Å²) in [5, 5.41) is 2.80. The zero-order valence-electron chi connectivity index (χ0n) is 13.2. The van der Waals surface area contributed by atoms with Crippen LogP contribution in [0.15, 0.2) is 24.3 Å². The summed E-state index contributed by atoms with van der Waals surface area (Å²) in [5.41, 5.74) is 0.880. The van der Waals surface area contributed by atoms with E-state index in [0.29, 0.717) is 11.5 Å². The zero-order chi connectivity index (χ0) is 17.0. The highest BCUT2D eigenvalue weighted by Gasteiger charge is 2.29. The first kappa shape index (κ1) is 17.5. The van der Waals surface area contributed by atoms with E-state index in [9.17, 15) is 18.0 Å². The molecule has 1 aliphatic carbocycles. The van der Waals surface area contributed by atoms with Crippen molar-refractivity contribution in [3.05, 3.63) is 35.4 Å². The SMILES string of the molecule is C[C@@H](NC(=O)COC(=O)c1ccc(CS(C)(=O)=O)cc1)C1CC1. The van der Waals surface area contributed by atoms with Gasteiger partial charge in [-0.2, -0.15) is 0 Å². The predicted octanol–water partition coefficient (Wildman–Crippen LogP) is 1.30. The fourth-order valence-corrected chi connectivity index (χ4v) is 3.06. The number of nitrogens with one attached hydrogen (secondary N) is 1. The number of sulfone groups is 1. The van der Waals surface area contributed by atoms with E-state index in [1.54, 1.807) is 12.1 Å². The fraction of sp³-hybridized carbons (Fsp3) is 0.500. The summed E-state index contributed by atoms with van der Waals surface area (Å²) in [5.74, 6) is -0.460. The number of ether oxygens (including phenoxy) is 1. The van der Waals surface area contributed by atoms with E-state index in [1.807, 2.05) is 6.92 Å². The molecule has 0 aromatic heterocycles. The third-order valence-corrected chi connectivity index (χ3v) is 4.53. The first-order chi connectivity index (χ1) is 10.7. The second-order valence-corrected chi connectivity index (χ2v) is 8.18. The van der Waals surface area contributed by atoms with Crippen LogP contribution in [0.2, 0.25) is 0 Å². The van der Waals surface area contributed by atoms with Crippen molar-refractivity contribution in [3.63, 3.8) is 0 Å². The van der Waals surface area contributed by atoms with Gasteiger partial charge in [-0.05, 0) is 43.4 Å². The second kappa shape index (κ2) is 7.12. The molecule has 1 atom stereocenters. The third kappa shape index (κ3) is 6.02. The van der Waals surface area contributed by atoms with Gasteiger partial charge in [0.05, 0.1) is 11.3 Å². The summed E-state index contributed by atoms with van der Waals surface area (Å²) < 4.78 is 27.4. The summed E-state index contributed by atoms with van der Waals surface area (Å²) in [4.78, 5) is 23.5. The van der Waals surface area contributed by atoms with Crippen molar-refractivity contribution in [1.29, 1.82) is 0 Å². The number of hydrogen-bond acceptors (Lipinski definition) is 5. The number of rotatable bonds is 7. The van der Waals surface area contributed by atoms with Gasteiger partial charge in [0, 0.05) is 12.3 Å². The Morgan fingerprint density at radius 3 is 2.39 bits per heavy atom. The number of carbonyl (C=O) groups excluding carboxylic acids is 2. The summed E-state index contributed by atoms with van der Waals surface area (Å²) in [7, 11) is -3.11. The van der Waals surface area contributed by atoms with E-state index in [2.05, 4.69) is 5.32 Å². The molecule has 0 saturated heterocycles. The Kier molecular flexibility index (Phi) is 5.41. The van der Waals surface area contributed by atoms with E-state index >= 15 is 0 Å². The molecule has 1 amide bonds. The molecule has 126 valence electrons. The number of amides is 1. The molecular formula is C16H21NO5S. The van der Waals surface area contributed by atoms with E-state index in [0.717, 1.165) is 19.1 Å². The highest BCUT2D eigenvalue weighted by molar-refractivity contribution is 7.89. The molecule has 0 aliphatic heterocycles. The van der Waals surface area contributed by atoms with Crippen molar-refractivity contribution < 1.29 is 22.7 Å². The monoisotopic (exact) mass is 339 g/mol. The number of esters is 1. The quantitative estimate of drug-likeness (QED) is 0.756. The second-order valence-electron chi connectivity index (χ2n) is 6.04. The topological polar surface area (TPSA) is 89.5 Å². The highest BCUT2D eigenvalue weighted by Crippen LogP contribution is 2.32. The molecule has 0 heterocycles. The maximum Gasteiger partial charge on any atom is 0.338 e. The Hall–Kier alpha value is -1.89. The van der Waals surface area contributed by atoms with Gasteiger partial charge in [0.25, 0.3) is 5.91 Å². The number of benzene rings is 1. The van der Waals surface area contributed by atoms with Gasteiger partial charge in [0.2, 0.25) is 0 Å². The van der Waals surface area contributed by atoms with Crippen LogP contribution in [0.5, 0.6) is 0 Å². The summed E-state index contributed by atoms with van der Waals surface area (Å²) in [6.45, 7) is 1.62. The van der Waals surface area contributed by atoms with Crippen molar-refractivity contribution in [2.45, 2.75) is 31.6 Å². The fourth-order valence-electron chi connectivity index (χ4n) is 2.26. The number of carbonyl (C=O) groups is 2. The van der Waals surface area contributed by atoms with Crippen LogP contribution in [0.1, 0.15) is 35.7 Å². The van der Waals surface area contributed by atoms with Crippen molar-refractivity contribution >= 4 is 21.7 Å². The highest BCUT2D eigenvalue weighted by atomic mass is 32.2. The van der Waals surface area contributed by atoms with Crippen LogP contribution in [0, 0.1) is 5.92 Å². The lowest BCUT2D eigenvalue weighted by atomic mass is 10.1. The molecule has 1 fully saturated rings. The van der Waals surface area contributed by atoms with Gasteiger partial charge in [0.15, 0.2) is 16.4 Å². The van der Waals surface area contributed by atoms with Crippen molar-refractivity contribution in [3.8, 4) is 0 Å². The van der Waals surface area contributed by atoms with Crippen LogP contribution in [-0.4, -0.2) is 39.2 Å². The molecule has 1 aromatic carbocycles. The molecule has 0 radical (unpaired) electrons. The van der Waals surface area contributed by atoms with E-state index in [4.69, 9.17) is 4.74 Å². The molecule has 7 heteroatoms. The van der Waals surface area contributed by atoms with Gasteiger partial charge in [-0.3, -0.25) is 4.79 Å². The minimum Gasteiger partial charge on any atom is -0.452 e. The average molecular weight is 339 g/mol. The molecule has 0 unspecified atom stereocenters. The predicted molar refractivity (Wildman–Crippen MR) is 85.6 cm³/mol.